The zero-order chi connectivity index (χ0) is 14.8. The monoisotopic (exact) mass is 289 g/mol. The van der Waals surface area contributed by atoms with Crippen LogP contribution in [0.2, 0.25) is 0 Å². The Bertz CT molecular complexity index is 443. The number of nitrogens with one attached hydrogen (secondary N) is 1. The average Bonchev–Trinajstić information content (AvgIpc) is 2.68. The van der Waals surface area contributed by atoms with Crippen molar-refractivity contribution in [3.8, 4) is 0 Å². The summed E-state index contributed by atoms with van der Waals surface area (Å²) in [6, 6.07) is 5.14. The highest BCUT2D eigenvalue weighted by Gasteiger charge is 2.32. The van der Waals surface area contributed by atoms with E-state index in [1.165, 1.54) is 12.1 Å². The van der Waals surface area contributed by atoms with Crippen LogP contribution in [0.1, 0.15) is 25.0 Å². The first kappa shape index (κ1) is 15.3. The molecule has 6 heteroatoms. The molecule has 0 bridgehead atoms. The largest absolute Gasteiger partial charge is 0.416 e. The molecule has 1 unspecified atom stereocenters. The first-order chi connectivity index (χ1) is 9.26. The summed E-state index contributed by atoms with van der Waals surface area (Å²) < 4.78 is 48.2. The van der Waals surface area contributed by atoms with E-state index in [1.807, 2.05) is 13.8 Å². The van der Waals surface area contributed by atoms with Crippen molar-refractivity contribution >= 4 is 0 Å². The molecule has 0 amide bonds. The number of rotatable bonds is 4. The highest BCUT2D eigenvalue weighted by molar-refractivity contribution is 5.24. The smallest absolute Gasteiger partial charge is 0.348 e. The van der Waals surface area contributed by atoms with Gasteiger partial charge >= 0.3 is 6.18 Å². The summed E-state index contributed by atoms with van der Waals surface area (Å²) in [6.07, 6.45) is -4.31. The van der Waals surface area contributed by atoms with Crippen LogP contribution in [0, 0.1) is 0 Å². The van der Waals surface area contributed by atoms with Gasteiger partial charge in [0.1, 0.15) is 0 Å². The van der Waals surface area contributed by atoms with Gasteiger partial charge in [-0.15, -0.1) is 0 Å². The van der Waals surface area contributed by atoms with E-state index in [0.717, 1.165) is 17.7 Å². The van der Waals surface area contributed by atoms with Crippen LogP contribution in [-0.2, 0) is 22.2 Å². The molecule has 1 heterocycles. The van der Waals surface area contributed by atoms with Crippen molar-refractivity contribution < 1.29 is 22.6 Å². The van der Waals surface area contributed by atoms with Crippen LogP contribution in [0.25, 0.3) is 0 Å². The first-order valence-corrected chi connectivity index (χ1v) is 6.45. The van der Waals surface area contributed by atoms with E-state index >= 15 is 0 Å². The minimum atomic E-state index is -4.29. The average molecular weight is 289 g/mol. The zero-order valence-electron chi connectivity index (χ0n) is 11.5. The molecule has 1 aliphatic rings. The molecule has 1 fully saturated rings. The Balaban J connectivity index is 1.78. The quantitative estimate of drug-likeness (QED) is 0.924. The van der Waals surface area contributed by atoms with Crippen LogP contribution in [-0.4, -0.2) is 25.0 Å². The molecule has 0 saturated carbocycles. The molecular formula is C14H18F3NO2. The van der Waals surface area contributed by atoms with Crippen LogP contribution >= 0.6 is 0 Å². The van der Waals surface area contributed by atoms with E-state index < -0.39 is 17.5 Å². The molecule has 0 radical (unpaired) electrons. The Morgan fingerprint density at radius 2 is 1.90 bits per heavy atom. The van der Waals surface area contributed by atoms with Gasteiger partial charge in [0.25, 0.3) is 0 Å². The first-order valence-electron chi connectivity index (χ1n) is 6.45. The number of alkyl halides is 3. The molecule has 1 aromatic rings. The number of ether oxygens (including phenoxy) is 2. The third-order valence-corrected chi connectivity index (χ3v) is 3.05. The van der Waals surface area contributed by atoms with Gasteiger partial charge < -0.3 is 14.8 Å². The van der Waals surface area contributed by atoms with Gasteiger partial charge in [0.05, 0.1) is 18.3 Å². The second-order valence-corrected chi connectivity index (χ2v) is 5.28. The van der Waals surface area contributed by atoms with Gasteiger partial charge in [-0.25, -0.2) is 0 Å². The van der Waals surface area contributed by atoms with Crippen LogP contribution < -0.4 is 5.32 Å². The fourth-order valence-corrected chi connectivity index (χ4v) is 2.05. The summed E-state index contributed by atoms with van der Waals surface area (Å²) in [4.78, 5) is 0. The van der Waals surface area contributed by atoms with Crippen molar-refractivity contribution in [2.24, 2.45) is 0 Å². The minimum Gasteiger partial charge on any atom is -0.348 e. The molecule has 1 aliphatic heterocycles. The highest BCUT2D eigenvalue weighted by atomic mass is 19.4. The summed E-state index contributed by atoms with van der Waals surface area (Å²) in [7, 11) is 0. The van der Waals surface area contributed by atoms with Crippen molar-refractivity contribution in [3.63, 3.8) is 0 Å². The number of hydrogen-bond donors (Lipinski definition) is 1. The molecule has 1 aromatic carbocycles. The fraction of sp³-hybridized carbons (Fsp3) is 0.571. The predicted molar refractivity (Wildman–Crippen MR) is 68.1 cm³/mol. The Hall–Kier alpha value is -1.11. The number of hydrogen-bond acceptors (Lipinski definition) is 3. The second kappa shape index (κ2) is 5.71. The SMILES string of the molecule is CC1(C)OCC(CNCc2ccc(C(F)(F)F)cc2)O1. The van der Waals surface area contributed by atoms with E-state index in [2.05, 4.69) is 5.32 Å². The Morgan fingerprint density at radius 3 is 2.40 bits per heavy atom. The molecule has 1 atom stereocenters. The van der Waals surface area contributed by atoms with E-state index in [0.29, 0.717) is 19.7 Å². The minimum absolute atomic E-state index is 0.0283. The van der Waals surface area contributed by atoms with Crippen molar-refractivity contribution in [1.29, 1.82) is 0 Å². The standard InChI is InChI=1S/C14H18F3NO2/c1-13(2)19-9-12(20-13)8-18-7-10-3-5-11(6-4-10)14(15,16)17/h3-6,12,18H,7-9H2,1-2H3. The van der Waals surface area contributed by atoms with Gasteiger partial charge in [0.15, 0.2) is 5.79 Å². The van der Waals surface area contributed by atoms with Gasteiger partial charge in [0.2, 0.25) is 0 Å². The topological polar surface area (TPSA) is 30.5 Å². The fourth-order valence-electron chi connectivity index (χ4n) is 2.05. The molecule has 1 N–H and O–H groups in total. The predicted octanol–water partition coefficient (Wildman–Crippen LogP) is 2.95. The Morgan fingerprint density at radius 1 is 1.25 bits per heavy atom. The molecule has 0 spiro atoms. The molecule has 2 rings (SSSR count). The second-order valence-electron chi connectivity index (χ2n) is 5.28. The lowest BCUT2D eigenvalue weighted by Crippen LogP contribution is -2.30. The lowest BCUT2D eigenvalue weighted by Gasteiger charge is -2.17. The van der Waals surface area contributed by atoms with Crippen LogP contribution in [0.3, 0.4) is 0 Å². The van der Waals surface area contributed by atoms with Gasteiger partial charge in [-0.05, 0) is 31.5 Å². The zero-order valence-corrected chi connectivity index (χ0v) is 11.5. The van der Waals surface area contributed by atoms with Gasteiger partial charge in [-0.3, -0.25) is 0 Å². The summed E-state index contributed by atoms with van der Waals surface area (Å²) in [5.74, 6) is -0.555. The van der Waals surface area contributed by atoms with Gasteiger partial charge in [0, 0.05) is 13.1 Å². The van der Waals surface area contributed by atoms with E-state index in [9.17, 15) is 13.2 Å². The maximum absolute atomic E-state index is 12.4. The Kier molecular flexibility index (Phi) is 4.36. The van der Waals surface area contributed by atoms with Crippen LogP contribution in [0.4, 0.5) is 13.2 Å². The summed E-state index contributed by atoms with van der Waals surface area (Å²) >= 11 is 0. The normalized spacial score (nSPS) is 22.1. The molecule has 0 aliphatic carbocycles. The van der Waals surface area contributed by atoms with Gasteiger partial charge in [-0.1, -0.05) is 12.1 Å². The Labute approximate surface area is 116 Å². The van der Waals surface area contributed by atoms with Crippen molar-refractivity contribution in [3.05, 3.63) is 35.4 Å². The molecule has 20 heavy (non-hydrogen) atoms. The third kappa shape index (κ3) is 4.19. The maximum atomic E-state index is 12.4. The lowest BCUT2D eigenvalue weighted by atomic mass is 10.1. The van der Waals surface area contributed by atoms with Crippen molar-refractivity contribution in [2.45, 2.75) is 38.5 Å². The number of benzene rings is 1. The molecule has 0 aromatic heterocycles. The molecular weight excluding hydrogens is 271 g/mol. The summed E-state index contributed by atoms with van der Waals surface area (Å²) in [5.41, 5.74) is 0.173. The molecule has 1 saturated heterocycles. The van der Waals surface area contributed by atoms with E-state index in [-0.39, 0.29) is 6.10 Å². The molecule has 3 nitrogen and oxygen atoms in total. The van der Waals surface area contributed by atoms with Crippen molar-refractivity contribution in [2.75, 3.05) is 13.2 Å². The van der Waals surface area contributed by atoms with E-state index in [4.69, 9.17) is 9.47 Å². The number of halogens is 3. The highest BCUT2D eigenvalue weighted by Crippen LogP contribution is 2.29. The molecule has 112 valence electrons. The van der Waals surface area contributed by atoms with Gasteiger partial charge in [-0.2, -0.15) is 13.2 Å². The third-order valence-electron chi connectivity index (χ3n) is 3.05. The van der Waals surface area contributed by atoms with Crippen molar-refractivity contribution in [1.82, 2.24) is 5.32 Å². The van der Waals surface area contributed by atoms with Crippen LogP contribution in [0.15, 0.2) is 24.3 Å². The summed E-state index contributed by atoms with van der Waals surface area (Å²) in [6.45, 7) is 5.32. The van der Waals surface area contributed by atoms with E-state index in [1.54, 1.807) is 0 Å². The lowest BCUT2D eigenvalue weighted by molar-refractivity contribution is -0.138. The maximum Gasteiger partial charge on any atom is 0.416 e. The van der Waals surface area contributed by atoms with Crippen LogP contribution in [0.5, 0.6) is 0 Å². The summed E-state index contributed by atoms with van der Waals surface area (Å²) in [5, 5.41) is 3.15.